The zero-order valence-electron chi connectivity index (χ0n) is 14.3. The number of rotatable bonds is 2. The highest BCUT2D eigenvalue weighted by Crippen LogP contribution is 2.35. The van der Waals surface area contributed by atoms with Gasteiger partial charge in [-0.05, 0) is 24.6 Å². The molecule has 0 N–H and O–H groups in total. The van der Waals surface area contributed by atoms with Gasteiger partial charge in [0.25, 0.3) is 5.56 Å². The molecule has 4 aromatic rings. The molecule has 3 nitrogen and oxygen atoms in total. The standard InChI is InChI=1S/C22H16N2OS/c1-16-19(18-12-6-3-7-13-18)20-21(26-16)23-15-24(22(20)25)14-8-11-17-9-4-2-5-10-17/h2-7,9-10,12-13,15H,14H2,1H3. The third-order valence-corrected chi connectivity index (χ3v) is 5.19. The van der Waals surface area contributed by atoms with Crippen molar-refractivity contribution in [1.82, 2.24) is 9.55 Å². The fraction of sp³-hybridized carbons (Fsp3) is 0.0909. The predicted octanol–water partition coefficient (Wildman–Crippen LogP) is 4.49. The molecule has 0 radical (unpaired) electrons. The highest BCUT2D eigenvalue weighted by Gasteiger charge is 2.16. The van der Waals surface area contributed by atoms with Gasteiger partial charge in [0.15, 0.2) is 0 Å². The first-order chi connectivity index (χ1) is 12.7. The van der Waals surface area contributed by atoms with Gasteiger partial charge in [-0.25, -0.2) is 4.98 Å². The summed E-state index contributed by atoms with van der Waals surface area (Å²) >= 11 is 1.56. The molecule has 0 bridgehead atoms. The maximum atomic E-state index is 13.0. The first-order valence-corrected chi connectivity index (χ1v) is 9.13. The van der Waals surface area contributed by atoms with Crippen molar-refractivity contribution < 1.29 is 0 Å². The molecule has 0 atom stereocenters. The second-order valence-corrected chi connectivity index (χ2v) is 7.13. The zero-order chi connectivity index (χ0) is 17.9. The van der Waals surface area contributed by atoms with Gasteiger partial charge in [-0.3, -0.25) is 9.36 Å². The Kier molecular flexibility index (Phi) is 4.39. The van der Waals surface area contributed by atoms with E-state index in [1.807, 2.05) is 67.6 Å². The lowest BCUT2D eigenvalue weighted by atomic mass is 10.0. The third kappa shape index (κ3) is 3.05. The Morgan fingerprint density at radius 3 is 2.46 bits per heavy atom. The van der Waals surface area contributed by atoms with Crippen LogP contribution in [0.3, 0.4) is 0 Å². The first kappa shape index (κ1) is 16.3. The van der Waals surface area contributed by atoms with E-state index >= 15 is 0 Å². The van der Waals surface area contributed by atoms with Crippen molar-refractivity contribution in [2.24, 2.45) is 0 Å². The van der Waals surface area contributed by atoms with Gasteiger partial charge in [0.2, 0.25) is 0 Å². The second-order valence-electron chi connectivity index (χ2n) is 5.92. The summed E-state index contributed by atoms with van der Waals surface area (Å²) in [4.78, 5) is 19.4. The fourth-order valence-electron chi connectivity index (χ4n) is 2.95. The van der Waals surface area contributed by atoms with Gasteiger partial charge in [0, 0.05) is 16.0 Å². The topological polar surface area (TPSA) is 34.9 Å². The first-order valence-electron chi connectivity index (χ1n) is 8.32. The molecule has 0 aliphatic carbocycles. The number of nitrogens with zero attached hydrogens (tertiary/aromatic N) is 2. The van der Waals surface area contributed by atoms with Crippen LogP contribution in [-0.2, 0) is 6.54 Å². The quantitative estimate of drug-likeness (QED) is 0.496. The number of benzene rings is 2. The van der Waals surface area contributed by atoms with E-state index in [0.29, 0.717) is 11.9 Å². The van der Waals surface area contributed by atoms with E-state index in [9.17, 15) is 4.79 Å². The number of thiophene rings is 1. The van der Waals surface area contributed by atoms with Gasteiger partial charge < -0.3 is 0 Å². The number of aromatic nitrogens is 2. The minimum absolute atomic E-state index is 0.0411. The van der Waals surface area contributed by atoms with Crippen LogP contribution in [0.15, 0.2) is 71.8 Å². The van der Waals surface area contributed by atoms with E-state index < -0.39 is 0 Å². The second kappa shape index (κ2) is 6.99. The van der Waals surface area contributed by atoms with Crippen molar-refractivity contribution in [2.75, 3.05) is 0 Å². The number of hydrogen-bond acceptors (Lipinski definition) is 3. The van der Waals surface area contributed by atoms with Crippen LogP contribution in [0.4, 0.5) is 0 Å². The van der Waals surface area contributed by atoms with Gasteiger partial charge in [-0.15, -0.1) is 11.3 Å². The molecule has 0 saturated heterocycles. The molecular weight excluding hydrogens is 340 g/mol. The summed E-state index contributed by atoms with van der Waals surface area (Å²) in [6, 6.07) is 19.8. The smallest absolute Gasteiger partial charge is 0.263 e. The van der Waals surface area contributed by atoms with Crippen molar-refractivity contribution in [3.63, 3.8) is 0 Å². The SMILES string of the molecule is Cc1sc2ncn(CC#Cc3ccccc3)c(=O)c2c1-c1ccccc1. The molecule has 4 rings (SSSR count). The molecule has 0 fully saturated rings. The number of hydrogen-bond donors (Lipinski definition) is 0. The van der Waals surface area contributed by atoms with E-state index in [1.165, 1.54) is 0 Å². The van der Waals surface area contributed by atoms with Gasteiger partial charge >= 0.3 is 0 Å². The van der Waals surface area contributed by atoms with Crippen molar-refractivity contribution >= 4 is 21.6 Å². The van der Waals surface area contributed by atoms with E-state index in [2.05, 4.69) is 16.8 Å². The molecule has 2 aromatic heterocycles. The Hall–Kier alpha value is -3.16. The maximum Gasteiger partial charge on any atom is 0.263 e. The lowest BCUT2D eigenvalue weighted by Crippen LogP contribution is -2.19. The van der Waals surface area contributed by atoms with Crippen LogP contribution in [0.1, 0.15) is 10.4 Å². The Bertz CT molecular complexity index is 1180. The minimum Gasteiger partial charge on any atom is -0.287 e. The Morgan fingerprint density at radius 1 is 1.04 bits per heavy atom. The monoisotopic (exact) mass is 356 g/mol. The number of aryl methyl sites for hydroxylation is 1. The predicted molar refractivity (Wildman–Crippen MR) is 107 cm³/mol. The molecule has 0 amide bonds. The fourth-order valence-corrected chi connectivity index (χ4v) is 3.95. The molecule has 0 aliphatic heterocycles. The Labute approximate surface area is 155 Å². The van der Waals surface area contributed by atoms with Crippen LogP contribution in [0.25, 0.3) is 21.3 Å². The molecule has 0 aliphatic rings. The van der Waals surface area contributed by atoms with Gasteiger partial charge in [-0.2, -0.15) is 0 Å². The van der Waals surface area contributed by atoms with Crippen LogP contribution in [0.5, 0.6) is 0 Å². The lowest BCUT2D eigenvalue weighted by molar-refractivity contribution is 0.784. The maximum absolute atomic E-state index is 13.0. The Balaban J connectivity index is 1.78. The highest BCUT2D eigenvalue weighted by molar-refractivity contribution is 7.19. The van der Waals surface area contributed by atoms with E-state index in [-0.39, 0.29) is 5.56 Å². The van der Waals surface area contributed by atoms with Crippen molar-refractivity contribution in [3.05, 3.63) is 87.8 Å². The van der Waals surface area contributed by atoms with Crippen LogP contribution in [0.2, 0.25) is 0 Å². The van der Waals surface area contributed by atoms with Crippen LogP contribution in [-0.4, -0.2) is 9.55 Å². The van der Waals surface area contributed by atoms with Gasteiger partial charge in [-0.1, -0.05) is 60.4 Å². The summed E-state index contributed by atoms with van der Waals surface area (Å²) in [6.07, 6.45) is 1.59. The molecule has 26 heavy (non-hydrogen) atoms. The third-order valence-electron chi connectivity index (χ3n) is 4.17. The molecule has 0 spiro atoms. The van der Waals surface area contributed by atoms with Gasteiger partial charge in [0.05, 0.1) is 18.3 Å². The Morgan fingerprint density at radius 2 is 1.73 bits per heavy atom. The van der Waals surface area contributed by atoms with E-state index in [4.69, 9.17) is 0 Å². The number of fused-ring (bicyclic) bond motifs is 1. The molecule has 126 valence electrons. The lowest BCUT2D eigenvalue weighted by Gasteiger charge is -2.03. The minimum atomic E-state index is -0.0411. The summed E-state index contributed by atoms with van der Waals surface area (Å²) in [5.41, 5.74) is 2.92. The van der Waals surface area contributed by atoms with Crippen LogP contribution in [0, 0.1) is 18.8 Å². The zero-order valence-corrected chi connectivity index (χ0v) is 15.1. The van der Waals surface area contributed by atoms with E-state index in [0.717, 1.165) is 26.4 Å². The summed E-state index contributed by atoms with van der Waals surface area (Å²) in [5, 5.41) is 0.683. The molecule has 2 aromatic carbocycles. The summed E-state index contributed by atoms with van der Waals surface area (Å²) in [5.74, 6) is 6.15. The summed E-state index contributed by atoms with van der Waals surface area (Å²) in [6.45, 7) is 2.35. The average molecular weight is 356 g/mol. The summed E-state index contributed by atoms with van der Waals surface area (Å²) in [7, 11) is 0. The average Bonchev–Trinajstić information content (AvgIpc) is 3.02. The van der Waals surface area contributed by atoms with Gasteiger partial charge in [0.1, 0.15) is 4.83 Å². The summed E-state index contributed by atoms with van der Waals surface area (Å²) < 4.78 is 1.58. The van der Waals surface area contributed by atoms with Crippen molar-refractivity contribution in [2.45, 2.75) is 13.5 Å². The van der Waals surface area contributed by atoms with E-state index in [1.54, 1.807) is 22.2 Å². The van der Waals surface area contributed by atoms with Crippen molar-refractivity contribution in [1.29, 1.82) is 0 Å². The molecule has 2 heterocycles. The largest absolute Gasteiger partial charge is 0.287 e. The van der Waals surface area contributed by atoms with Crippen LogP contribution >= 0.6 is 11.3 Å². The molecule has 4 heteroatoms. The molecule has 0 saturated carbocycles. The highest BCUT2D eigenvalue weighted by atomic mass is 32.1. The van der Waals surface area contributed by atoms with Crippen LogP contribution < -0.4 is 5.56 Å². The molecular formula is C22H16N2OS. The molecule has 0 unspecified atom stereocenters. The van der Waals surface area contributed by atoms with Crippen molar-refractivity contribution in [3.8, 4) is 23.0 Å². The normalized spacial score (nSPS) is 10.5.